The Kier molecular flexibility index (Phi) is 4.38. The Bertz CT molecular complexity index is 1080. The molecule has 1 aliphatic carbocycles. The van der Waals surface area contributed by atoms with E-state index in [1.165, 1.54) is 0 Å². The molecular formula is C16H10F4N2O4S. The molecule has 0 radical (unpaired) electrons. The molecule has 0 saturated heterocycles. The Morgan fingerprint density at radius 3 is 2.48 bits per heavy atom. The van der Waals surface area contributed by atoms with E-state index in [0.29, 0.717) is 0 Å². The fraction of sp³-hybridized carbons (Fsp3) is 0.188. The molecule has 0 aliphatic heterocycles. The molecule has 0 heterocycles. The number of benzene rings is 2. The Morgan fingerprint density at radius 1 is 1.22 bits per heavy atom. The molecule has 142 valence electrons. The molecule has 2 atom stereocenters. The summed E-state index contributed by atoms with van der Waals surface area (Å²) in [5, 5.41) is 23.6. The Labute approximate surface area is 150 Å². The van der Waals surface area contributed by atoms with Crippen molar-refractivity contribution < 1.29 is 35.8 Å². The number of nitrogens with zero attached hydrogens (tertiary/aromatic N) is 1. The standard InChI is InChI=1S/C16H10F4N2O4S/c17-8-3-7(6-21)4-9(5-8)26-10-1-2-11(27(22,24)25)13-12(10)14(18)16(19,20)15(13)23/h1-5,14-15,23H,(H2,22,24,25). The third kappa shape index (κ3) is 3.12. The van der Waals surface area contributed by atoms with E-state index in [4.69, 9.17) is 15.1 Å². The minimum absolute atomic E-state index is 0.148. The van der Waals surface area contributed by atoms with Gasteiger partial charge in [0.1, 0.15) is 23.4 Å². The molecule has 2 aromatic carbocycles. The molecule has 0 saturated carbocycles. The molecule has 11 heteroatoms. The number of hydrogen-bond donors (Lipinski definition) is 2. The molecular weight excluding hydrogens is 392 g/mol. The summed E-state index contributed by atoms with van der Waals surface area (Å²) in [6, 6.07) is 6.05. The number of sulfonamides is 1. The summed E-state index contributed by atoms with van der Waals surface area (Å²) in [5.41, 5.74) is -1.99. The second kappa shape index (κ2) is 6.19. The van der Waals surface area contributed by atoms with Gasteiger partial charge in [-0.1, -0.05) is 0 Å². The molecule has 0 fully saturated rings. The van der Waals surface area contributed by atoms with Crippen LogP contribution in [0.4, 0.5) is 17.6 Å². The summed E-state index contributed by atoms with van der Waals surface area (Å²) in [7, 11) is -4.56. The first-order valence-corrected chi connectivity index (χ1v) is 8.79. The molecule has 1 aliphatic rings. The first-order valence-electron chi connectivity index (χ1n) is 7.25. The van der Waals surface area contributed by atoms with Gasteiger partial charge in [0.15, 0.2) is 6.17 Å². The summed E-state index contributed by atoms with van der Waals surface area (Å²) in [6.07, 6.45) is -5.87. The number of rotatable bonds is 3. The largest absolute Gasteiger partial charge is 0.457 e. The van der Waals surface area contributed by atoms with Crippen LogP contribution in [0.5, 0.6) is 11.5 Å². The smallest absolute Gasteiger partial charge is 0.312 e. The number of nitrogens with two attached hydrogens (primary N) is 1. The lowest BCUT2D eigenvalue weighted by Gasteiger charge is -2.16. The molecule has 0 amide bonds. The van der Waals surface area contributed by atoms with Crippen LogP contribution in [-0.4, -0.2) is 19.4 Å². The van der Waals surface area contributed by atoms with E-state index in [0.717, 1.165) is 30.3 Å². The number of aliphatic hydroxyl groups is 1. The highest BCUT2D eigenvalue weighted by Crippen LogP contribution is 2.57. The van der Waals surface area contributed by atoms with Crippen molar-refractivity contribution in [2.75, 3.05) is 0 Å². The van der Waals surface area contributed by atoms with Crippen LogP contribution in [0, 0.1) is 17.1 Å². The van der Waals surface area contributed by atoms with E-state index < -0.39 is 55.8 Å². The molecule has 0 spiro atoms. The fourth-order valence-electron chi connectivity index (χ4n) is 2.81. The lowest BCUT2D eigenvalue weighted by molar-refractivity contribution is -0.143. The van der Waals surface area contributed by atoms with Gasteiger partial charge in [0, 0.05) is 17.2 Å². The van der Waals surface area contributed by atoms with Crippen LogP contribution >= 0.6 is 0 Å². The van der Waals surface area contributed by atoms with Gasteiger partial charge in [-0.2, -0.15) is 14.0 Å². The van der Waals surface area contributed by atoms with Gasteiger partial charge >= 0.3 is 5.92 Å². The molecule has 3 rings (SSSR count). The molecule has 27 heavy (non-hydrogen) atoms. The van der Waals surface area contributed by atoms with Gasteiger partial charge in [-0.3, -0.25) is 0 Å². The van der Waals surface area contributed by atoms with Crippen molar-refractivity contribution in [2.24, 2.45) is 5.14 Å². The summed E-state index contributed by atoms with van der Waals surface area (Å²) in [6.45, 7) is 0. The quantitative estimate of drug-likeness (QED) is 0.767. The molecule has 6 nitrogen and oxygen atoms in total. The van der Waals surface area contributed by atoms with Crippen molar-refractivity contribution in [3.8, 4) is 17.6 Å². The van der Waals surface area contributed by atoms with Gasteiger partial charge in [0.25, 0.3) is 0 Å². The third-order valence-electron chi connectivity index (χ3n) is 3.97. The summed E-state index contributed by atoms with van der Waals surface area (Å²) >= 11 is 0. The maximum absolute atomic E-state index is 14.3. The normalized spacial score (nSPS) is 20.8. The highest BCUT2D eigenvalue weighted by atomic mass is 32.2. The number of fused-ring (bicyclic) bond motifs is 1. The maximum atomic E-state index is 14.3. The zero-order chi connectivity index (χ0) is 20.1. The zero-order valence-electron chi connectivity index (χ0n) is 13.2. The highest BCUT2D eigenvalue weighted by Gasteiger charge is 2.59. The fourth-order valence-corrected chi connectivity index (χ4v) is 3.60. The maximum Gasteiger partial charge on any atom is 0.312 e. The SMILES string of the molecule is N#Cc1cc(F)cc(Oc2ccc(S(N)(=O)=O)c3c2C(F)C(F)(F)C3O)c1. The zero-order valence-corrected chi connectivity index (χ0v) is 14.0. The van der Waals surface area contributed by atoms with E-state index in [1.54, 1.807) is 6.07 Å². The third-order valence-corrected chi connectivity index (χ3v) is 4.94. The Hall–Kier alpha value is -2.68. The molecule has 2 unspecified atom stereocenters. The number of aliphatic hydroxyl groups excluding tert-OH is 1. The van der Waals surface area contributed by atoms with Crippen LogP contribution in [0.15, 0.2) is 35.2 Å². The van der Waals surface area contributed by atoms with Crippen LogP contribution in [0.1, 0.15) is 29.0 Å². The lowest BCUT2D eigenvalue weighted by atomic mass is 10.1. The number of ether oxygens (including phenoxy) is 1. The average molecular weight is 402 g/mol. The summed E-state index contributed by atoms with van der Waals surface area (Å²) in [5.74, 6) is -6.09. The number of hydrogen-bond acceptors (Lipinski definition) is 5. The van der Waals surface area contributed by atoms with Gasteiger partial charge < -0.3 is 9.84 Å². The molecule has 0 bridgehead atoms. The average Bonchev–Trinajstić information content (AvgIpc) is 2.75. The number of alkyl halides is 3. The van der Waals surface area contributed by atoms with Crippen molar-refractivity contribution in [1.29, 1.82) is 5.26 Å². The van der Waals surface area contributed by atoms with Crippen LogP contribution in [0.3, 0.4) is 0 Å². The number of nitriles is 1. The van der Waals surface area contributed by atoms with E-state index in [1.807, 2.05) is 0 Å². The van der Waals surface area contributed by atoms with Crippen LogP contribution in [0.2, 0.25) is 0 Å². The summed E-state index contributed by atoms with van der Waals surface area (Å²) < 4.78 is 84.3. The van der Waals surface area contributed by atoms with Crippen molar-refractivity contribution in [1.82, 2.24) is 0 Å². The van der Waals surface area contributed by atoms with Crippen LogP contribution in [-0.2, 0) is 10.0 Å². The predicted octanol–water partition coefficient (Wildman–Crippen LogP) is 2.83. The second-order valence-corrected chi connectivity index (χ2v) is 7.29. The highest BCUT2D eigenvalue weighted by molar-refractivity contribution is 7.89. The molecule has 0 aromatic heterocycles. The monoisotopic (exact) mass is 402 g/mol. The van der Waals surface area contributed by atoms with E-state index in [9.17, 15) is 31.1 Å². The topological polar surface area (TPSA) is 113 Å². The number of halogens is 4. The first-order chi connectivity index (χ1) is 12.5. The van der Waals surface area contributed by atoms with Crippen molar-refractivity contribution >= 4 is 10.0 Å². The van der Waals surface area contributed by atoms with Crippen LogP contribution < -0.4 is 9.88 Å². The second-order valence-electron chi connectivity index (χ2n) is 5.76. The lowest BCUT2D eigenvalue weighted by Crippen LogP contribution is -2.25. The van der Waals surface area contributed by atoms with Gasteiger partial charge in [0.05, 0.1) is 16.5 Å². The minimum Gasteiger partial charge on any atom is -0.457 e. The van der Waals surface area contributed by atoms with Crippen LogP contribution in [0.25, 0.3) is 0 Å². The minimum atomic E-state index is -4.56. The van der Waals surface area contributed by atoms with Crippen molar-refractivity contribution in [2.45, 2.75) is 23.1 Å². The predicted molar refractivity (Wildman–Crippen MR) is 82.8 cm³/mol. The van der Waals surface area contributed by atoms with Gasteiger partial charge in [0.2, 0.25) is 10.0 Å². The molecule has 3 N–H and O–H groups in total. The van der Waals surface area contributed by atoms with Gasteiger partial charge in [-0.15, -0.1) is 0 Å². The van der Waals surface area contributed by atoms with Gasteiger partial charge in [-0.05, 0) is 24.3 Å². The summed E-state index contributed by atoms with van der Waals surface area (Å²) in [4.78, 5) is -0.880. The Morgan fingerprint density at radius 2 is 1.89 bits per heavy atom. The first kappa shape index (κ1) is 19.1. The van der Waals surface area contributed by atoms with E-state index in [-0.39, 0.29) is 11.3 Å². The van der Waals surface area contributed by atoms with Crippen molar-refractivity contribution in [3.63, 3.8) is 0 Å². The van der Waals surface area contributed by atoms with E-state index >= 15 is 0 Å². The van der Waals surface area contributed by atoms with Crippen molar-refractivity contribution in [3.05, 3.63) is 52.8 Å². The molecule has 2 aromatic rings. The van der Waals surface area contributed by atoms with E-state index in [2.05, 4.69) is 0 Å². The van der Waals surface area contributed by atoms with Gasteiger partial charge in [-0.25, -0.2) is 22.3 Å². The number of primary sulfonamides is 1. The Balaban J connectivity index is 2.21.